The largest absolute Gasteiger partial charge is 0.399 e. The second-order valence-corrected chi connectivity index (χ2v) is 13.7. The number of imidazole rings is 1. The van der Waals surface area contributed by atoms with Crippen molar-refractivity contribution in [3.63, 3.8) is 0 Å². The molecule has 0 fully saturated rings. The summed E-state index contributed by atoms with van der Waals surface area (Å²) in [6.07, 6.45) is 0. The van der Waals surface area contributed by atoms with Crippen molar-refractivity contribution in [1.82, 2.24) is 9.55 Å². The third-order valence-electron chi connectivity index (χ3n) is 10.0. The van der Waals surface area contributed by atoms with Gasteiger partial charge in [-0.15, -0.1) is 0 Å². The number of nitrogens with two attached hydrogens (primary N) is 1. The lowest BCUT2D eigenvalue weighted by Gasteiger charge is -2.40. The van der Waals surface area contributed by atoms with Gasteiger partial charge in [0.15, 0.2) is 0 Å². The molecular formula is C44H29N3S. The number of aromatic nitrogens is 2. The van der Waals surface area contributed by atoms with E-state index in [2.05, 4.69) is 156 Å². The molecule has 4 heteroatoms. The summed E-state index contributed by atoms with van der Waals surface area (Å²) in [6.45, 7) is 0. The minimum absolute atomic E-state index is 0.507. The molecule has 2 aliphatic rings. The first-order chi connectivity index (χ1) is 23.7. The van der Waals surface area contributed by atoms with E-state index < -0.39 is 5.41 Å². The molecule has 0 radical (unpaired) electrons. The van der Waals surface area contributed by atoms with E-state index in [-0.39, 0.29) is 0 Å². The minimum atomic E-state index is -0.507. The fourth-order valence-electron chi connectivity index (χ4n) is 7.96. The zero-order chi connectivity index (χ0) is 31.8. The van der Waals surface area contributed by atoms with E-state index in [9.17, 15) is 0 Å². The Kier molecular flexibility index (Phi) is 5.87. The fourth-order valence-corrected chi connectivity index (χ4v) is 9.11. The van der Waals surface area contributed by atoms with E-state index in [0.717, 1.165) is 39.4 Å². The van der Waals surface area contributed by atoms with Crippen molar-refractivity contribution in [2.75, 3.05) is 5.73 Å². The van der Waals surface area contributed by atoms with Crippen LogP contribution in [-0.2, 0) is 5.41 Å². The molecule has 1 aliphatic heterocycles. The first-order valence-corrected chi connectivity index (χ1v) is 17.1. The average Bonchev–Trinajstić information content (AvgIpc) is 3.67. The van der Waals surface area contributed by atoms with Gasteiger partial charge in [0, 0.05) is 26.7 Å². The van der Waals surface area contributed by atoms with E-state index >= 15 is 0 Å². The molecule has 0 bridgehead atoms. The number of nitrogens with zero attached hydrogens (tertiary/aromatic N) is 2. The van der Waals surface area contributed by atoms with Crippen molar-refractivity contribution >= 4 is 28.5 Å². The van der Waals surface area contributed by atoms with Crippen LogP contribution < -0.4 is 5.73 Å². The quantitative estimate of drug-likeness (QED) is 0.197. The van der Waals surface area contributed by atoms with Crippen molar-refractivity contribution < 1.29 is 0 Å². The van der Waals surface area contributed by atoms with Crippen LogP contribution in [-0.4, -0.2) is 9.55 Å². The third kappa shape index (κ3) is 3.81. The maximum Gasteiger partial charge on any atom is 0.145 e. The van der Waals surface area contributed by atoms with Crippen molar-refractivity contribution in [3.05, 3.63) is 186 Å². The van der Waals surface area contributed by atoms with Crippen molar-refractivity contribution in [3.8, 4) is 39.3 Å². The van der Waals surface area contributed by atoms with Gasteiger partial charge in [-0.1, -0.05) is 115 Å². The summed E-state index contributed by atoms with van der Waals surface area (Å²) in [5.74, 6) is 0.936. The number of nitrogen functional groups attached to an aromatic ring is 1. The smallest absolute Gasteiger partial charge is 0.145 e. The van der Waals surface area contributed by atoms with Crippen LogP contribution in [0.5, 0.6) is 0 Å². The topological polar surface area (TPSA) is 43.8 Å². The van der Waals surface area contributed by atoms with Gasteiger partial charge < -0.3 is 5.73 Å². The normalized spacial score (nSPS) is 13.6. The molecule has 7 aromatic carbocycles. The van der Waals surface area contributed by atoms with Crippen molar-refractivity contribution in [1.29, 1.82) is 0 Å². The predicted octanol–water partition coefficient (Wildman–Crippen LogP) is 10.8. The SMILES string of the molecule is Nc1ccc(-c2ccc3c(c2)C2(c4cc(-c5nc6ccccc6n5-c5ccccc5)ccc4S3)c3ccccc3-c3ccccc32)cc1. The molecule has 226 valence electrons. The van der Waals surface area contributed by atoms with Crippen LogP contribution in [0, 0.1) is 0 Å². The lowest BCUT2D eigenvalue weighted by atomic mass is 9.66. The molecule has 2 N–H and O–H groups in total. The molecule has 0 atom stereocenters. The third-order valence-corrected chi connectivity index (χ3v) is 11.2. The molecule has 3 nitrogen and oxygen atoms in total. The number of benzene rings is 7. The van der Waals surface area contributed by atoms with Crippen LogP contribution in [0.15, 0.2) is 174 Å². The summed E-state index contributed by atoms with van der Waals surface area (Å²) in [4.78, 5) is 7.80. The molecular weight excluding hydrogens is 603 g/mol. The molecule has 1 aromatic heterocycles. The number of para-hydroxylation sites is 3. The molecule has 2 heterocycles. The van der Waals surface area contributed by atoms with E-state index in [1.54, 1.807) is 0 Å². The van der Waals surface area contributed by atoms with Crippen LogP contribution in [0.1, 0.15) is 22.3 Å². The first kappa shape index (κ1) is 27.3. The molecule has 1 aliphatic carbocycles. The highest BCUT2D eigenvalue weighted by Gasteiger charge is 2.50. The zero-order valence-corrected chi connectivity index (χ0v) is 26.8. The molecule has 0 amide bonds. The van der Waals surface area contributed by atoms with Gasteiger partial charge in [-0.25, -0.2) is 4.98 Å². The molecule has 1 spiro atoms. The van der Waals surface area contributed by atoms with Crippen molar-refractivity contribution in [2.45, 2.75) is 15.2 Å². The summed E-state index contributed by atoms with van der Waals surface area (Å²) in [6, 6.07) is 59.1. The second-order valence-electron chi connectivity index (χ2n) is 12.6. The summed E-state index contributed by atoms with van der Waals surface area (Å²) in [7, 11) is 0. The van der Waals surface area contributed by atoms with E-state index in [1.807, 2.05) is 23.9 Å². The lowest BCUT2D eigenvalue weighted by molar-refractivity contribution is 0.723. The Balaban J connectivity index is 1.29. The van der Waals surface area contributed by atoms with Crippen LogP contribution in [0.25, 0.3) is 50.4 Å². The van der Waals surface area contributed by atoms with Gasteiger partial charge in [0.05, 0.1) is 16.4 Å². The van der Waals surface area contributed by atoms with E-state index in [0.29, 0.717) is 0 Å². The number of rotatable bonds is 3. The van der Waals surface area contributed by atoms with Gasteiger partial charge in [-0.3, -0.25) is 4.57 Å². The van der Waals surface area contributed by atoms with Gasteiger partial charge in [-0.2, -0.15) is 0 Å². The highest BCUT2D eigenvalue weighted by atomic mass is 32.2. The highest BCUT2D eigenvalue weighted by molar-refractivity contribution is 7.99. The van der Waals surface area contributed by atoms with Gasteiger partial charge in [0.1, 0.15) is 5.82 Å². The summed E-state index contributed by atoms with van der Waals surface area (Å²) in [5, 5.41) is 0. The van der Waals surface area contributed by atoms with Crippen LogP contribution >= 0.6 is 11.8 Å². The Morgan fingerprint density at radius 3 is 1.77 bits per heavy atom. The average molecular weight is 632 g/mol. The van der Waals surface area contributed by atoms with Gasteiger partial charge in [0.2, 0.25) is 0 Å². The molecule has 8 aromatic rings. The Bertz CT molecular complexity index is 2500. The number of hydrogen-bond donors (Lipinski definition) is 1. The summed E-state index contributed by atoms with van der Waals surface area (Å²) >= 11 is 1.86. The van der Waals surface area contributed by atoms with Gasteiger partial charge in [-0.05, 0) is 105 Å². The monoisotopic (exact) mass is 631 g/mol. The van der Waals surface area contributed by atoms with Crippen LogP contribution in [0.3, 0.4) is 0 Å². The minimum Gasteiger partial charge on any atom is -0.399 e. The van der Waals surface area contributed by atoms with Gasteiger partial charge >= 0.3 is 0 Å². The summed E-state index contributed by atoms with van der Waals surface area (Å²) in [5.41, 5.74) is 20.8. The van der Waals surface area contributed by atoms with Crippen LogP contribution in [0.2, 0.25) is 0 Å². The van der Waals surface area contributed by atoms with Crippen molar-refractivity contribution in [2.24, 2.45) is 0 Å². The lowest BCUT2D eigenvalue weighted by Crippen LogP contribution is -2.32. The molecule has 0 saturated carbocycles. The Morgan fingerprint density at radius 1 is 0.500 bits per heavy atom. The van der Waals surface area contributed by atoms with E-state index in [1.165, 1.54) is 48.7 Å². The first-order valence-electron chi connectivity index (χ1n) is 16.3. The maximum atomic E-state index is 6.09. The Labute approximate surface area is 283 Å². The maximum absolute atomic E-state index is 6.09. The fraction of sp³-hybridized carbons (Fsp3) is 0.0227. The molecule has 10 rings (SSSR count). The predicted molar refractivity (Wildman–Crippen MR) is 198 cm³/mol. The van der Waals surface area contributed by atoms with E-state index in [4.69, 9.17) is 10.7 Å². The number of hydrogen-bond acceptors (Lipinski definition) is 3. The van der Waals surface area contributed by atoms with Crippen LogP contribution in [0.4, 0.5) is 5.69 Å². The zero-order valence-electron chi connectivity index (χ0n) is 26.0. The molecule has 0 saturated heterocycles. The second kappa shape index (κ2) is 10.3. The molecule has 48 heavy (non-hydrogen) atoms. The number of anilines is 1. The standard InChI is InChI=1S/C44H29N3S/c45-31-22-18-28(19-23-31)29-20-24-41-37(26-29)44(35-14-6-4-12-33(35)34-13-5-7-15-36(34)44)38-27-30(21-25-42(38)48-41)43-46-39-16-8-9-17-40(39)47(43)32-10-2-1-3-11-32/h1-27H,45H2. The highest BCUT2D eigenvalue weighted by Crippen LogP contribution is 2.62. The number of fused-ring (bicyclic) bond motifs is 10. The summed E-state index contributed by atoms with van der Waals surface area (Å²) < 4.78 is 2.30. The molecule has 0 unspecified atom stereocenters. The Hall–Kier alpha value is -5.84. The van der Waals surface area contributed by atoms with Gasteiger partial charge in [0.25, 0.3) is 0 Å². The Morgan fingerprint density at radius 2 is 1.06 bits per heavy atom.